The van der Waals surface area contributed by atoms with Gasteiger partial charge in [0.15, 0.2) is 5.78 Å². The zero-order chi connectivity index (χ0) is 15.0. The minimum Gasteiger partial charge on any atom is -0.353 e. The lowest BCUT2D eigenvalue weighted by atomic mass is 10.2. The molecule has 0 atom stereocenters. The molecule has 0 radical (unpaired) electrons. The second kappa shape index (κ2) is 8.47. The Hall–Kier alpha value is -1.69. The van der Waals surface area contributed by atoms with Crippen molar-refractivity contribution in [3.8, 4) is 0 Å². The van der Waals surface area contributed by atoms with E-state index in [1.807, 2.05) is 0 Å². The summed E-state index contributed by atoms with van der Waals surface area (Å²) in [6.45, 7) is 6.34. The van der Waals surface area contributed by atoms with Crippen molar-refractivity contribution in [1.82, 2.24) is 9.88 Å². The minimum absolute atomic E-state index is 0.0676. The lowest BCUT2D eigenvalue weighted by Crippen LogP contribution is -2.32. The molecule has 0 aliphatic carbocycles. The first-order valence-corrected chi connectivity index (χ1v) is 7.16. The molecule has 1 N–H and O–H groups in total. The number of hydrogen-bond acceptors (Lipinski definition) is 4. The van der Waals surface area contributed by atoms with E-state index in [4.69, 9.17) is 0 Å². The summed E-state index contributed by atoms with van der Waals surface area (Å²) >= 11 is 0. The van der Waals surface area contributed by atoms with E-state index >= 15 is 0 Å². The van der Waals surface area contributed by atoms with Gasteiger partial charge < -0.3 is 4.98 Å². The lowest BCUT2D eigenvalue weighted by Gasteiger charge is -2.20. The fourth-order valence-electron chi connectivity index (χ4n) is 1.97. The Morgan fingerprint density at radius 3 is 2.35 bits per heavy atom. The highest BCUT2D eigenvalue weighted by molar-refractivity contribution is 5.96. The molecule has 0 fully saturated rings. The third-order valence-corrected chi connectivity index (χ3v) is 3.20. The van der Waals surface area contributed by atoms with Gasteiger partial charge in [0.25, 0.3) is 5.69 Å². The summed E-state index contributed by atoms with van der Waals surface area (Å²) in [6.07, 6.45) is 5.55. The molecule has 0 unspecified atom stereocenters. The van der Waals surface area contributed by atoms with Crippen molar-refractivity contribution >= 4 is 11.5 Å². The number of rotatable bonds is 10. The average Bonchev–Trinajstić information content (AvgIpc) is 2.91. The van der Waals surface area contributed by atoms with Crippen LogP contribution in [-0.4, -0.2) is 40.2 Å². The highest BCUT2D eigenvalue weighted by Crippen LogP contribution is 2.13. The van der Waals surface area contributed by atoms with E-state index < -0.39 is 4.92 Å². The predicted molar refractivity (Wildman–Crippen MR) is 78.0 cm³/mol. The van der Waals surface area contributed by atoms with Crippen LogP contribution < -0.4 is 0 Å². The van der Waals surface area contributed by atoms with E-state index in [9.17, 15) is 14.9 Å². The van der Waals surface area contributed by atoms with E-state index in [2.05, 4.69) is 23.7 Å². The van der Waals surface area contributed by atoms with Gasteiger partial charge in [-0.2, -0.15) is 0 Å². The third kappa shape index (κ3) is 5.13. The number of ketones is 1. The van der Waals surface area contributed by atoms with Gasteiger partial charge in [-0.1, -0.05) is 26.7 Å². The van der Waals surface area contributed by atoms with Crippen LogP contribution in [0.2, 0.25) is 0 Å². The fourth-order valence-corrected chi connectivity index (χ4v) is 1.97. The highest BCUT2D eigenvalue weighted by atomic mass is 16.6. The molecule has 0 saturated heterocycles. The number of carbonyl (C=O) groups is 1. The van der Waals surface area contributed by atoms with Gasteiger partial charge in [-0.3, -0.25) is 19.8 Å². The normalized spacial score (nSPS) is 10.9. The minimum atomic E-state index is -0.501. The average molecular weight is 281 g/mol. The molecule has 6 heteroatoms. The Bertz CT molecular complexity index is 435. The number of nitrogens with one attached hydrogen (secondary N) is 1. The topological polar surface area (TPSA) is 79.2 Å². The Labute approximate surface area is 119 Å². The maximum atomic E-state index is 12.1. The summed E-state index contributed by atoms with van der Waals surface area (Å²) in [5, 5.41) is 10.6. The van der Waals surface area contributed by atoms with Gasteiger partial charge in [0, 0.05) is 6.07 Å². The van der Waals surface area contributed by atoms with Crippen LogP contribution in [0.5, 0.6) is 0 Å². The largest absolute Gasteiger partial charge is 0.353 e. The van der Waals surface area contributed by atoms with E-state index in [1.54, 1.807) is 0 Å². The van der Waals surface area contributed by atoms with Gasteiger partial charge in [-0.15, -0.1) is 0 Å². The summed E-state index contributed by atoms with van der Waals surface area (Å²) in [6, 6.07) is 1.31. The molecule has 0 spiro atoms. The summed E-state index contributed by atoms with van der Waals surface area (Å²) < 4.78 is 0. The summed E-state index contributed by atoms with van der Waals surface area (Å²) in [7, 11) is 0. The van der Waals surface area contributed by atoms with E-state index in [-0.39, 0.29) is 11.5 Å². The van der Waals surface area contributed by atoms with Crippen molar-refractivity contribution < 1.29 is 9.72 Å². The Morgan fingerprint density at radius 2 is 1.90 bits per heavy atom. The predicted octanol–water partition coefficient (Wildman–Crippen LogP) is 3.01. The molecule has 0 aliphatic heterocycles. The smallest absolute Gasteiger partial charge is 0.287 e. The van der Waals surface area contributed by atoms with E-state index in [0.29, 0.717) is 12.2 Å². The second-order valence-electron chi connectivity index (χ2n) is 4.94. The first-order valence-electron chi connectivity index (χ1n) is 7.16. The lowest BCUT2D eigenvalue weighted by molar-refractivity contribution is -0.384. The molecule has 1 aromatic heterocycles. The van der Waals surface area contributed by atoms with Crippen LogP contribution in [0.4, 0.5) is 5.69 Å². The molecule has 0 bridgehead atoms. The molecule has 1 rings (SSSR count). The zero-order valence-electron chi connectivity index (χ0n) is 12.2. The number of Topliss-reactive ketones (excluding diaryl/α,β-unsaturated/α-hetero) is 1. The van der Waals surface area contributed by atoms with Crippen molar-refractivity contribution in [2.24, 2.45) is 0 Å². The Balaban J connectivity index is 2.60. The molecule has 6 nitrogen and oxygen atoms in total. The first kappa shape index (κ1) is 16.4. The van der Waals surface area contributed by atoms with E-state index in [0.717, 1.165) is 38.8 Å². The number of nitro groups is 1. The molecule has 0 amide bonds. The fraction of sp³-hybridized carbons (Fsp3) is 0.643. The van der Waals surface area contributed by atoms with Crippen LogP contribution in [0, 0.1) is 10.1 Å². The third-order valence-electron chi connectivity index (χ3n) is 3.20. The maximum absolute atomic E-state index is 12.1. The van der Waals surface area contributed by atoms with Crippen molar-refractivity contribution in [3.05, 3.63) is 28.1 Å². The van der Waals surface area contributed by atoms with Gasteiger partial charge in [-0.25, -0.2) is 0 Å². The molecule has 1 aromatic rings. The van der Waals surface area contributed by atoms with Gasteiger partial charge >= 0.3 is 0 Å². The van der Waals surface area contributed by atoms with Crippen LogP contribution in [0.1, 0.15) is 50.0 Å². The maximum Gasteiger partial charge on any atom is 0.287 e. The number of unbranched alkanes of at least 4 members (excludes halogenated alkanes) is 2. The number of nitrogens with zero attached hydrogens (tertiary/aromatic N) is 2. The number of hydrogen-bond donors (Lipinski definition) is 1. The van der Waals surface area contributed by atoms with Crippen molar-refractivity contribution in [2.45, 2.75) is 39.5 Å². The van der Waals surface area contributed by atoms with Crippen LogP contribution in [-0.2, 0) is 0 Å². The number of carbonyl (C=O) groups excluding carboxylic acids is 1. The zero-order valence-corrected chi connectivity index (χ0v) is 12.2. The van der Waals surface area contributed by atoms with Gasteiger partial charge in [-0.05, 0) is 25.9 Å². The van der Waals surface area contributed by atoms with Gasteiger partial charge in [0.1, 0.15) is 0 Å². The van der Waals surface area contributed by atoms with Crippen LogP contribution in [0.15, 0.2) is 12.3 Å². The highest BCUT2D eigenvalue weighted by Gasteiger charge is 2.17. The quantitative estimate of drug-likeness (QED) is 0.406. The molecule has 112 valence electrons. The van der Waals surface area contributed by atoms with Gasteiger partial charge in [0.2, 0.25) is 0 Å². The molecule has 0 aromatic carbocycles. The van der Waals surface area contributed by atoms with Gasteiger partial charge in [0.05, 0.1) is 23.4 Å². The molecular formula is C14H23N3O3. The SMILES string of the molecule is CCCCN(CCCC)CC(=O)c1cc([N+](=O)[O-])c[nH]1. The molecule has 1 heterocycles. The van der Waals surface area contributed by atoms with Crippen LogP contribution >= 0.6 is 0 Å². The molecule has 20 heavy (non-hydrogen) atoms. The van der Waals surface area contributed by atoms with Crippen molar-refractivity contribution in [2.75, 3.05) is 19.6 Å². The first-order chi connectivity index (χ1) is 9.58. The Kier molecular flexibility index (Phi) is 6.93. The molecule has 0 aliphatic rings. The second-order valence-corrected chi connectivity index (χ2v) is 4.94. The van der Waals surface area contributed by atoms with E-state index in [1.165, 1.54) is 12.3 Å². The van der Waals surface area contributed by atoms with Crippen molar-refractivity contribution in [3.63, 3.8) is 0 Å². The number of aromatic nitrogens is 1. The Morgan fingerprint density at radius 1 is 1.30 bits per heavy atom. The summed E-state index contributed by atoms with van der Waals surface area (Å²) in [5.41, 5.74) is 0.247. The molecular weight excluding hydrogens is 258 g/mol. The monoisotopic (exact) mass is 281 g/mol. The number of H-pyrrole nitrogens is 1. The number of aromatic amines is 1. The summed E-state index contributed by atoms with van der Waals surface area (Å²) in [5.74, 6) is -0.0923. The van der Waals surface area contributed by atoms with Crippen LogP contribution in [0.3, 0.4) is 0 Å². The van der Waals surface area contributed by atoms with Crippen molar-refractivity contribution in [1.29, 1.82) is 0 Å². The van der Waals surface area contributed by atoms with Crippen LogP contribution in [0.25, 0.3) is 0 Å². The molecule has 0 saturated carbocycles. The standard InChI is InChI=1S/C14H23N3O3/c1-3-5-7-16(8-6-4-2)11-14(18)13-9-12(10-15-13)17(19)20/h9-10,15H,3-8,11H2,1-2H3. The summed E-state index contributed by atoms with van der Waals surface area (Å²) in [4.78, 5) is 27.0.